The molecule has 6 heteroatoms. The van der Waals surface area contributed by atoms with Gasteiger partial charge in [-0.1, -0.05) is 12.1 Å². The molecule has 1 heterocycles. The third kappa shape index (κ3) is 4.45. The van der Waals surface area contributed by atoms with Gasteiger partial charge < -0.3 is 24.3 Å². The van der Waals surface area contributed by atoms with E-state index in [0.717, 1.165) is 17.1 Å². The van der Waals surface area contributed by atoms with E-state index in [1.807, 2.05) is 44.2 Å². The van der Waals surface area contributed by atoms with Crippen LogP contribution < -0.4 is 24.3 Å². The number of hydrogen-bond donors (Lipinski definition) is 1. The smallest absolute Gasteiger partial charge is 0.258 e. The summed E-state index contributed by atoms with van der Waals surface area (Å²) in [4.78, 5) is 12.5. The molecule has 2 aromatic rings. The molecule has 0 spiro atoms. The Morgan fingerprint density at radius 3 is 2.59 bits per heavy atom. The van der Waals surface area contributed by atoms with Crippen LogP contribution in [0.15, 0.2) is 42.5 Å². The maximum Gasteiger partial charge on any atom is 0.258 e. The van der Waals surface area contributed by atoms with Crippen molar-refractivity contribution in [3.8, 4) is 23.0 Å². The quantitative estimate of drug-likeness (QED) is 0.842. The summed E-state index contributed by atoms with van der Waals surface area (Å²) in [7, 11) is 3.18. The summed E-state index contributed by atoms with van der Waals surface area (Å²) in [5, 5.41) is 3.05. The van der Waals surface area contributed by atoms with E-state index in [1.165, 1.54) is 0 Å². The van der Waals surface area contributed by atoms with Gasteiger partial charge in [0.1, 0.15) is 17.1 Å². The number of para-hydroxylation sites is 2. The lowest BCUT2D eigenvalue weighted by atomic mass is 9.89. The van der Waals surface area contributed by atoms with Crippen LogP contribution in [0.25, 0.3) is 0 Å². The second kappa shape index (κ2) is 7.78. The second-order valence-electron chi connectivity index (χ2n) is 7.03. The molecule has 0 fully saturated rings. The molecule has 0 bridgehead atoms. The van der Waals surface area contributed by atoms with E-state index in [1.54, 1.807) is 26.4 Å². The van der Waals surface area contributed by atoms with Crippen molar-refractivity contribution in [3.05, 3.63) is 48.0 Å². The Balaban J connectivity index is 1.71. The van der Waals surface area contributed by atoms with Crippen LogP contribution in [0.5, 0.6) is 23.0 Å². The monoisotopic (exact) mass is 371 g/mol. The number of carbonyl (C=O) groups is 1. The number of ether oxygens (including phenoxy) is 4. The number of benzene rings is 2. The first-order chi connectivity index (χ1) is 12.9. The SMILES string of the molecule is COc1ccc2c(c1)[C@@H](NC(=O)COc1ccccc1OC)CC(C)(C)O2. The number of hydrogen-bond acceptors (Lipinski definition) is 5. The van der Waals surface area contributed by atoms with Gasteiger partial charge in [-0.15, -0.1) is 0 Å². The lowest BCUT2D eigenvalue weighted by Gasteiger charge is -2.38. The number of carbonyl (C=O) groups excluding carboxylic acids is 1. The van der Waals surface area contributed by atoms with Crippen LogP contribution in [0.1, 0.15) is 31.9 Å². The van der Waals surface area contributed by atoms with E-state index in [2.05, 4.69) is 5.32 Å². The van der Waals surface area contributed by atoms with E-state index in [-0.39, 0.29) is 24.2 Å². The van der Waals surface area contributed by atoms with Crippen molar-refractivity contribution in [3.63, 3.8) is 0 Å². The molecule has 0 unspecified atom stereocenters. The molecule has 1 aliphatic rings. The summed E-state index contributed by atoms with van der Waals surface area (Å²) in [6.07, 6.45) is 0.646. The number of methoxy groups -OCH3 is 2. The molecule has 1 N–H and O–H groups in total. The first-order valence-corrected chi connectivity index (χ1v) is 8.84. The Morgan fingerprint density at radius 1 is 1.15 bits per heavy atom. The van der Waals surface area contributed by atoms with E-state index in [0.29, 0.717) is 17.9 Å². The highest BCUT2D eigenvalue weighted by molar-refractivity contribution is 5.78. The molecule has 144 valence electrons. The van der Waals surface area contributed by atoms with E-state index < -0.39 is 0 Å². The fraction of sp³-hybridized carbons (Fsp3) is 0.381. The average molecular weight is 371 g/mol. The Labute approximate surface area is 159 Å². The molecule has 0 saturated heterocycles. The fourth-order valence-corrected chi connectivity index (χ4v) is 3.21. The Morgan fingerprint density at radius 2 is 1.89 bits per heavy atom. The zero-order valence-electron chi connectivity index (χ0n) is 16.1. The highest BCUT2D eigenvalue weighted by Crippen LogP contribution is 2.41. The molecular weight excluding hydrogens is 346 g/mol. The third-order valence-corrected chi connectivity index (χ3v) is 4.44. The van der Waals surface area contributed by atoms with Crippen LogP contribution in [-0.4, -0.2) is 32.3 Å². The fourth-order valence-electron chi connectivity index (χ4n) is 3.21. The summed E-state index contributed by atoms with van der Waals surface area (Å²) in [5.41, 5.74) is 0.516. The molecule has 0 radical (unpaired) electrons. The molecule has 2 aromatic carbocycles. The van der Waals surface area contributed by atoms with Crippen LogP contribution in [0.4, 0.5) is 0 Å². The van der Waals surface area contributed by atoms with Crippen molar-refractivity contribution in [1.82, 2.24) is 5.32 Å². The van der Waals surface area contributed by atoms with Crippen LogP contribution >= 0.6 is 0 Å². The first kappa shape index (κ1) is 18.9. The van der Waals surface area contributed by atoms with Crippen LogP contribution in [-0.2, 0) is 4.79 Å². The van der Waals surface area contributed by atoms with Crippen molar-refractivity contribution in [1.29, 1.82) is 0 Å². The summed E-state index contributed by atoms with van der Waals surface area (Å²) in [6, 6.07) is 12.7. The lowest BCUT2D eigenvalue weighted by molar-refractivity contribution is -0.124. The van der Waals surface area contributed by atoms with E-state index in [9.17, 15) is 4.79 Å². The van der Waals surface area contributed by atoms with Crippen LogP contribution in [0.3, 0.4) is 0 Å². The highest BCUT2D eigenvalue weighted by Gasteiger charge is 2.34. The molecule has 1 amide bonds. The zero-order chi connectivity index (χ0) is 19.4. The highest BCUT2D eigenvalue weighted by atomic mass is 16.5. The first-order valence-electron chi connectivity index (χ1n) is 8.84. The predicted molar refractivity (Wildman–Crippen MR) is 102 cm³/mol. The number of nitrogens with one attached hydrogen (secondary N) is 1. The van der Waals surface area contributed by atoms with Gasteiger partial charge in [0.2, 0.25) is 0 Å². The second-order valence-corrected chi connectivity index (χ2v) is 7.03. The summed E-state index contributed by atoms with van der Waals surface area (Å²) >= 11 is 0. The minimum atomic E-state index is -0.386. The number of amides is 1. The molecule has 3 rings (SSSR count). The summed E-state index contributed by atoms with van der Waals surface area (Å²) in [6.45, 7) is 3.91. The van der Waals surface area contributed by atoms with Crippen molar-refractivity contribution < 1.29 is 23.7 Å². The van der Waals surface area contributed by atoms with Gasteiger partial charge in [-0.05, 0) is 44.2 Å². The van der Waals surface area contributed by atoms with Crippen molar-refractivity contribution in [2.75, 3.05) is 20.8 Å². The largest absolute Gasteiger partial charge is 0.497 e. The minimum Gasteiger partial charge on any atom is -0.497 e. The van der Waals surface area contributed by atoms with Gasteiger partial charge in [-0.25, -0.2) is 0 Å². The summed E-state index contributed by atoms with van der Waals surface area (Å²) in [5.74, 6) is 2.39. The maximum absolute atomic E-state index is 12.5. The van der Waals surface area contributed by atoms with Gasteiger partial charge in [0, 0.05) is 12.0 Å². The number of rotatable bonds is 6. The summed E-state index contributed by atoms with van der Waals surface area (Å²) < 4.78 is 22.2. The zero-order valence-corrected chi connectivity index (χ0v) is 16.1. The molecule has 0 aliphatic carbocycles. The lowest BCUT2D eigenvalue weighted by Crippen LogP contribution is -2.42. The minimum absolute atomic E-state index is 0.0997. The Hall–Kier alpha value is -2.89. The molecule has 27 heavy (non-hydrogen) atoms. The van der Waals surface area contributed by atoms with Gasteiger partial charge >= 0.3 is 0 Å². The third-order valence-electron chi connectivity index (χ3n) is 4.44. The molecule has 6 nitrogen and oxygen atoms in total. The van der Waals surface area contributed by atoms with Crippen molar-refractivity contribution >= 4 is 5.91 Å². The van der Waals surface area contributed by atoms with Crippen molar-refractivity contribution in [2.24, 2.45) is 0 Å². The molecular formula is C21H25NO5. The molecule has 0 saturated carbocycles. The Bertz CT molecular complexity index is 818. The van der Waals surface area contributed by atoms with Crippen molar-refractivity contribution in [2.45, 2.75) is 31.9 Å². The normalized spacial score (nSPS) is 17.3. The topological polar surface area (TPSA) is 66.0 Å². The van der Waals surface area contributed by atoms with Gasteiger partial charge in [0.05, 0.1) is 20.3 Å². The van der Waals surface area contributed by atoms with Gasteiger partial charge in [-0.2, -0.15) is 0 Å². The van der Waals surface area contributed by atoms with E-state index >= 15 is 0 Å². The van der Waals surface area contributed by atoms with Crippen LogP contribution in [0.2, 0.25) is 0 Å². The molecule has 0 aromatic heterocycles. The standard InChI is InChI=1S/C21H25NO5/c1-21(2)12-16(15-11-14(24-3)9-10-17(15)27-21)22-20(23)13-26-19-8-6-5-7-18(19)25-4/h5-11,16H,12-13H2,1-4H3,(H,22,23)/t16-/m0/s1. The number of fused-ring (bicyclic) bond motifs is 1. The Kier molecular flexibility index (Phi) is 5.44. The van der Waals surface area contributed by atoms with Gasteiger partial charge in [0.25, 0.3) is 5.91 Å². The predicted octanol–water partition coefficient (Wildman–Crippen LogP) is 3.50. The van der Waals surface area contributed by atoms with Crippen LogP contribution in [0, 0.1) is 0 Å². The molecule has 1 aliphatic heterocycles. The van der Waals surface area contributed by atoms with Gasteiger partial charge in [-0.3, -0.25) is 4.79 Å². The average Bonchev–Trinajstić information content (AvgIpc) is 2.65. The van der Waals surface area contributed by atoms with E-state index in [4.69, 9.17) is 18.9 Å². The maximum atomic E-state index is 12.5. The van der Waals surface area contributed by atoms with Gasteiger partial charge in [0.15, 0.2) is 18.1 Å². The molecule has 1 atom stereocenters.